The zero-order chi connectivity index (χ0) is 10.2. The summed E-state index contributed by atoms with van der Waals surface area (Å²) in [6.07, 6.45) is 0. The molecule has 0 radical (unpaired) electrons. The molecule has 0 aliphatic heterocycles. The van der Waals surface area contributed by atoms with E-state index in [-0.39, 0.29) is 0 Å². The number of hydrogen-bond acceptors (Lipinski definition) is 2. The van der Waals surface area contributed by atoms with Gasteiger partial charge in [-0.15, -0.1) is 0 Å². The lowest BCUT2D eigenvalue weighted by molar-refractivity contribution is 0.369. The quantitative estimate of drug-likeness (QED) is 0.719. The summed E-state index contributed by atoms with van der Waals surface area (Å²) in [6.45, 7) is 2.14. The normalized spacial score (nSPS) is 9.64. The van der Waals surface area contributed by atoms with E-state index in [4.69, 9.17) is 5.73 Å². The SMILES string of the molecule is CN(CC#CCN)Cc1ccccc1. The molecule has 0 atom stereocenters. The van der Waals surface area contributed by atoms with Crippen LogP contribution in [0.15, 0.2) is 30.3 Å². The Labute approximate surface area is 85.7 Å². The topological polar surface area (TPSA) is 29.3 Å². The summed E-state index contributed by atoms with van der Waals surface area (Å²) in [5.74, 6) is 5.86. The number of benzene rings is 1. The molecule has 74 valence electrons. The summed E-state index contributed by atoms with van der Waals surface area (Å²) in [6, 6.07) is 10.4. The van der Waals surface area contributed by atoms with E-state index in [9.17, 15) is 0 Å². The lowest BCUT2D eigenvalue weighted by Gasteiger charge is -2.12. The fraction of sp³-hybridized carbons (Fsp3) is 0.333. The van der Waals surface area contributed by atoms with Crippen LogP contribution < -0.4 is 5.73 Å². The third kappa shape index (κ3) is 4.08. The zero-order valence-corrected chi connectivity index (χ0v) is 8.53. The van der Waals surface area contributed by atoms with E-state index < -0.39 is 0 Å². The summed E-state index contributed by atoms with van der Waals surface area (Å²) < 4.78 is 0. The second-order valence-electron chi connectivity index (χ2n) is 3.22. The third-order valence-electron chi connectivity index (χ3n) is 1.87. The van der Waals surface area contributed by atoms with Gasteiger partial charge in [0, 0.05) is 6.54 Å². The van der Waals surface area contributed by atoms with Crippen molar-refractivity contribution in [3.8, 4) is 11.8 Å². The van der Waals surface area contributed by atoms with Crippen molar-refractivity contribution in [3.63, 3.8) is 0 Å². The monoisotopic (exact) mass is 188 g/mol. The first-order valence-electron chi connectivity index (χ1n) is 4.71. The van der Waals surface area contributed by atoms with Crippen LogP contribution in [0.3, 0.4) is 0 Å². The largest absolute Gasteiger partial charge is 0.320 e. The Morgan fingerprint density at radius 1 is 1.21 bits per heavy atom. The average molecular weight is 188 g/mol. The Kier molecular flexibility index (Phi) is 4.77. The van der Waals surface area contributed by atoms with Gasteiger partial charge in [-0.1, -0.05) is 42.2 Å². The van der Waals surface area contributed by atoms with Crippen LogP contribution in [0, 0.1) is 11.8 Å². The van der Waals surface area contributed by atoms with Gasteiger partial charge < -0.3 is 5.73 Å². The van der Waals surface area contributed by atoms with E-state index in [1.807, 2.05) is 6.07 Å². The maximum absolute atomic E-state index is 5.28. The first-order chi connectivity index (χ1) is 6.83. The van der Waals surface area contributed by atoms with Crippen LogP contribution in [0.5, 0.6) is 0 Å². The molecule has 0 heterocycles. The third-order valence-corrected chi connectivity index (χ3v) is 1.87. The Balaban J connectivity index is 2.38. The molecule has 0 unspecified atom stereocenters. The predicted molar refractivity (Wildman–Crippen MR) is 59.6 cm³/mol. The number of rotatable bonds is 3. The number of nitrogens with two attached hydrogens (primary N) is 1. The fourth-order valence-electron chi connectivity index (χ4n) is 1.21. The van der Waals surface area contributed by atoms with Crippen LogP contribution in [0.25, 0.3) is 0 Å². The zero-order valence-electron chi connectivity index (χ0n) is 8.53. The van der Waals surface area contributed by atoms with Gasteiger partial charge in [0.05, 0.1) is 13.1 Å². The van der Waals surface area contributed by atoms with Crippen LogP contribution >= 0.6 is 0 Å². The molecule has 1 aromatic carbocycles. The van der Waals surface area contributed by atoms with E-state index in [1.54, 1.807) is 0 Å². The molecular formula is C12H16N2. The first-order valence-corrected chi connectivity index (χ1v) is 4.71. The van der Waals surface area contributed by atoms with Gasteiger partial charge >= 0.3 is 0 Å². The highest BCUT2D eigenvalue weighted by Crippen LogP contribution is 2.01. The van der Waals surface area contributed by atoms with Gasteiger partial charge in [0.2, 0.25) is 0 Å². The minimum atomic E-state index is 0.444. The van der Waals surface area contributed by atoms with Crippen LogP contribution in [-0.2, 0) is 6.54 Å². The highest BCUT2D eigenvalue weighted by molar-refractivity contribution is 5.14. The standard InChI is InChI=1S/C12H16N2/c1-14(10-6-5-9-13)11-12-7-3-2-4-8-12/h2-4,7-8H,9-11,13H2,1H3. The molecule has 0 bridgehead atoms. The molecule has 0 saturated heterocycles. The van der Waals surface area contributed by atoms with Crippen molar-refractivity contribution < 1.29 is 0 Å². The van der Waals surface area contributed by atoms with E-state index in [0.717, 1.165) is 13.1 Å². The van der Waals surface area contributed by atoms with Gasteiger partial charge in [-0.25, -0.2) is 0 Å². The average Bonchev–Trinajstić information content (AvgIpc) is 2.20. The van der Waals surface area contributed by atoms with Crippen molar-refractivity contribution in [2.24, 2.45) is 5.73 Å². The fourth-order valence-corrected chi connectivity index (χ4v) is 1.21. The predicted octanol–water partition coefficient (Wildman–Crippen LogP) is 1.08. The molecule has 2 heteroatoms. The minimum absolute atomic E-state index is 0.444. The number of nitrogens with zero attached hydrogens (tertiary/aromatic N) is 1. The van der Waals surface area contributed by atoms with Gasteiger partial charge in [-0.2, -0.15) is 0 Å². The van der Waals surface area contributed by atoms with Crippen LogP contribution in [0.1, 0.15) is 5.56 Å². The summed E-state index contributed by atoms with van der Waals surface area (Å²) in [4.78, 5) is 2.16. The summed E-state index contributed by atoms with van der Waals surface area (Å²) >= 11 is 0. The van der Waals surface area contributed by atoms with Crippen molar-refractivity contribution >= 4 is 0 Å². The Morgan fingerprint density at radius 3 is 2.57 bits per heavy atom. The summed E-state index contributed by atoms with van der Waals surface area (Å²) in [7, 11) is 2.05. The van der Waals surface area contributed by atoms with Crippen molar-refractivity contribution in [2.75, 3.05) is 20.1 Å². The molecule has 0 fully saturated rings. The molecule has 1 rings (SSSR count). The van der Waals surface area contributed by atoms with Crippen molar-refractivity contribution in [1.29, 1.82) is 0 Å². The maximum Gasteiger partial charge on any atom is 0.0602 e. The molecular weight excluding hydrogens is 172 g/mol. The van der Waals surface area contributed by atoms with E-state index in [1.165, 1.54) is 5.56 Å². The van der Waals surface area contributed by atoms with Crippen LogP contribution in [0.4, 0.5) is 0 Å². The Bertz CT molecular complexity index is 308. The lowest BCUT2D eigenvalue weighted by Crippen LogP contribution is -2.18. The molecule has 0 aromatic heterocycles. The van der Waals surface area contributed by atoms with Gasteiger partial charge in [-0.3, -0.25) is 4.90 Å². The number of hydrogen-bond donors (Lipinski definition) is 1. The second-order valence-corrected chi connectivity index (χ2v) is 3.22. The molecule has 14 heavy (non-hydrogen) atoms. The molecule has 0 amide bonds. The Morgan fingerprint density at radius 2 is 1.93 bits per heavy atom. The van der Waals surface area contributed by atoms with Crippen molar-refractivity contribution in [2.45, 2.75) is 6.54 Å². The molecule has 0 saturated carbocycles. The van der Waals surface area contributed by atoms with Gasteiger partial charge in [0.15, 0.2) is 0 Å². The van der Waals surface area contributed by atoms with Crippen LogP contribution in [0.2, 0.25) is 0 Å². The molecule has 0 aliphatic carbocycles. The molecule has 0 aliphatic rings. The van der Waals surface area contributed by atoms with Crippen molar-refractivity contribution in [1.82, 2.24) is 4.90 Å². The van der Waals surface area contributed by atoms with E-state index >= 15 is 0 Å². The maximum atomic E-state index is 5.28. The highest BCUT2D eigenvalue weighted by atomic mass is 15.1. The molecule has 0 spiro atoms. The van der Waals surface area contributed by atoms with Gasteiger partial charge in [0.1, 0.15) is 0 Å². The second kappa shape index (κ2) is 6.20. The van der Waals surface area contributed by atoms with Gasteiger partial charge in [-0.05, 0) is 12.6 Å². The van der Waals surface area contributed by atoms with Gasteiger partial charge in [0.25, 0.3) is 0 Å². The smallest absolute Gasteiger partial charge is 0.0602 e. The first kappa shape index (κ1) is 10.8. The molecule has 2 nitrogen and oxygen atoms in total. The lowest BCUT2D eigenvalue weighted by atomic mass is 10.2. The molecule has 2 N–H and O–H groups in total. The minimum Gasteiger partial charge on any atom is -0.320 e. The summed E-state index contributed by atoms with van der Waals surface area (Å²) in [5.41, 5.74) is 6.58. The van der Waals surface area contributed by atoms with E-state index in [0.29, 0.717) is 6.54 Å². The summed E-state index contributed by atoms with van der Waals surface area (Å²) in [5, 5.41) is 0. The van der Waals surface area contributed by atoms with Crippen molar-refractivity contribution in [3.05, 3.63) is 35.9 Å². The highest BCUT2D eigenvalue weighted by Gasteiger charge is 1.96. The molecule has 1 aromatic rings. The van der Waals surface area contributed by atoms with E-state index in [2.05, 4.69) is 48.1 Å². The van der Waals surface area contributed by atoms with Crippen LogP contribution in [-0.4, -0.2) is 25.0 Å². The Hall–Kier alpha value is -1.30.